The first kappa shape index (κ1) is 10.5. The summed E-state index contributed by atoms with van der Waals surface area (Å²) in [6.45, 7) is 4.19. The number of rotatable bonds is 2. The molecule has 0 unspecified atom stereocenters. The molecule has 3 heteroatoms. The summed E-state index contributed by atoms with van der Waals surface area (Å²) in [6, 6.07) is 10.0. The summed E-state index contributed by atoms with van der Waals surface area (Å²) in [6.07, 6.45) is 0. The second-order valence-electron chi connectivity index (χ2n) is 2.71. The molecule has 0 N–H and O–H groups in total. The van der Waals surface area contributed by atoms with E-state index in [9.17, 15) is 0 Å². The van der Waals surface area contributed by atoms with Crippen molar-refractivity contribution in [1.29, 1.82) is 0 Å². The second-order valence-corrected chi connectivity index (χ2v) is 18.3. The van der Waals surface area contributed by atoms with Crippen molar-refractivity contribution in [2.75, 3.05) is 0 Å². The molecular formula is C9H12Cl2Os. The van der Waals surface area contributed by atoms with E-state index in [-0.39, 0.29) is 0 Å². The van der Waals surface area contributed by atoms with E-state index in [1.807, 2.05) is 30.3 Å². The van der Waals surface area contributed by atoms with Crippen molar-refractivity contribution in [3.05, 3.63) is 30.3 Å². The summed E-state index contributed by atoms with van der Waals surface area (Å²) in [5.41, 5.74) is 0. The molecule has 0 aromatic heterocycles. The van der Waals surface area contributed by atoms with Gasteiger partial charge in [0.25, 0.3) is 0 Å². The Bertz CT molecular complexity index is 244. The van der Waals surface area contributed by atoms with Gasteiger partial charge in [0, 0.05) is 0 Å². The molecule has 70 valence electrons. The molecule has 1 rings (SSSR count). The Kier molecular flexibility index (Phi) is 3.59. The molecule has 0 nitrogen and oxygen atoms in total. The molecule has 0 aliphatic rings. The topological polar surface area (TPSA) is 0 Å². The van der Waals surface area contributed by atoms with Gasteiger partial charge in [-0.15, -0.1) is 0 Å². The molecule has 0 aliphatic heterocycles. The molecule has 12 heavy (non-hydrogen) atoms. The Morgan fingerprint density at radius 2 is 1.58 bits per heavy atom. The molecular weight excluding hydrogens is 369 g/mol. The average Bonchev–Trinajstić information content (AvgIpc) is 2.06. The Labute approximate surface area is 84.8 Å². The summed E-state index contributed by atoms with van der Waals surface area (Å²) >= 11 is -2.79. The number of benzene rings is 1. The van der Waals surface area contributed by atoms with Gasteiger partial charge in [-0.3, -0.25) is 0 Å². The predicted molar refractivity (Wildman–Crippen MR) is 52.9 cm³/mol. The van der Waals surface area contributed by atoms with E-state index >= 15 is 0 Å². The number of halogens is 2. The fourth-order valence-electron chi connectivity index (χ4n) is 0.803. The van der Waals surface area contributed by atoms with Crippen LogP contribution in [0.3, 0.4) is 0 Å². The molecule has 1 aromatic rings. The van der Waals surface area contributed by atoms with Crippen molar-refractivity contribution in [3.63, 3.8) is 0 Å². The van der Waals surface area contributed by atoms with E-state index in [2.05, 4.69) is 13.8 Å². The van der Waals surface area contributed by atoms with Crippen LogP contribution in [0.2, 0.25) is 4.47 Å². The molecule has 0 fully saturated rings. The van der Waals surface area contributed by atoms with Crippen LogP contribution in [0.25, 0.3) is 0 Å². The molecule has 1 aromatic carbocycles. The second kappa shape index (κ2) is 4.10. The molecule has 0 bridgehead atoms. The SMILES string of the molecule is C[CH](C)[Os]([Cl])([Cl])[c]1ccccc1. The normalized spacial score (nSPS) is 13.4. The first-order chi connectivity index (χ1) is 5.55. The Balaban J connectivity index is 2.98. The fourth-order valence-corrected chi connectivity index (χ4v) is 5.57. The molecule has 0 atom stereocenters. The van der Waals surface area contributed by atoms with Gasteiger partial charge in [0.1, 0.15) is 0 Å². The van der Waals surface area contributed by atoms with Gasteiger partial charge in [0.2, 0.25) is 0 Å². The van der Waals surface area contributed by atoms with Gasteiger partial charge in [0.05, 0.1) is 0 Å². The Morgan fingerprint density at radius 1 is 1.08 bits per heavy atom. The quantitative estimate of drug-likeness (QED) is 0.735. The Hall–Kier alpha value is 0.436. The van der Waals surface area contributed by atoms with Crippen LogP contribution < -0.4 is 4.12 Å². The van der Waals surface area contributed by atoms with Crippen LogP contribution in [0, 0.1) is 0 Å². The van der Waals surface area contributed by atoms with Crippen molar-refractivity contribution in [1.82, 2.24) is 0 Å². The van der Waals surface area contributed by atoms with Gasteiger partial charge >= 0.3 is 85.1 Å². The predicted octanol–water partition coefficient (Wildman–Crippen LogP) is 3.60. The minimum absolute atomic E-state index is 0.406. The third-order valence-corrected chi connectivity index (χ3v) is 15.6. The van der Waals surface area contributed by atoms with Crippen LogP contribution in [0.1, 0.15) is 13.8 Å². The van der Waals surface area contributed by atoms with Crippen molar-refractivity contribution in [2.24, 2.45) is 0 Å². The van der Waals surface area contributed by atoms with E-state index in [0.717, 1.165) is 4.12 Å². The van der Waals surface area contributed by atoms with Gasteiger partial charge in [-0.1, -0.05) is 0 Å². The summed E-state index contributed by atoms with van der Waals surface area (Å²) in [5, 5.41) is 0. The molecule has 0 saturated carbocycles. The number of hydrogen-bond acceptors (Lipinski definition) is 0. The number of hydrogen-bond donors (Lipinski definition) is 0. The summed E-state index contributed by atoms with van der Waals surface area (Å²) in [5.74, 6) is 0. The van der Waals surface area contributed by atoms with E-state index in [4.69, 9.17) is 19.3 Å². The minimum atomic E-state index is -2.79. The van der Waals surface area contributed by atoms with Gasteiger partial charge in [0.15, 0.2) is 0 Å². The maximum absolute atomic E-state index is 6.36. The standard InChI is InChI=1S/C6H5.C3H7.2ClH.Os/c1-2-4-6-5-3-1;1-3-2;;;/h1-5H;3H,1-2H3;2*1H;/q;;;;+2/p-2. The first-order valence-electron chi connectivity index (χ1n) is 3.71. The summed E-state index contributed by atoms with van der Waals surface area (Å²) in [4.78, 5) is 0. The zero-order valence-electron chi connectivity index (χ0n) is 7.07. The molecule has 0 heterocycles. The molecule has 0 spiro atoms. The first-order valence-corrected chi connectivity index (χ1v) is 12.7. The van der Waals surface area contributed by atoms with Crippen molar-refractivity contribution in [3.8, 4) is 0 Å². The van der Waals surface area contributed by atoms with E-state index in [1.54, 1.807) is 0 Å². The average molecular weight is 381 g/mol. The molecule has 0 amide bonds. The van der Waals surface area contributed by atoms with Crippen molar-refractivity contribution < 1.29 is 13.0 Å². The summed E-state index contributed by atoms with van der Waals surface area (Å²) in [7, 11) is 12.7. The van der Waals surface area contributed by atoms with Crippen LogP contribution in [0.5, 0.6) is 0 Å². The van der Waals surface area contributed by atoms with Gasteiger partial charge < -0.3 is 0 Å². The third kappa shape index (κ3) is 2.23. The Morgan fingerprint density at radius 3 is 2.00 bits per heavy atom. The molecule has 0 saturated heterocycles. The van der Waals surface area contributed by atoms with E-state index in [1.165, 1.54) is 0 Å². The van der Waals surface area contributed by atoms with Crippen molar-refractivity contribution in [2.45, 2.75) is 18.3 Å². The zero-order valence-corrected chi connectivity index (χ0v) is 11.1. The van der Waals surface area contributed by atoms with Gasteiger partial charge in [-0.2, -0.15) is 0 Å². The van der Waals surface area contributed by atoms with Crippen LogP contribution >= 0.6 is 19.3 Å². The summed E-state index contributed by atoms with van der Waals surface area (Å²) < 4.78 is 1.56. The van der Waals surface area contributed by atoms with Crippen LogP contribution in [-0.2, 0) is 13.0 Å². The molecule has 0 aliphatic carbocycles. The monoisotopic (exact) mass is 382 g/mol. The fraction of sp³-hybridized carbons (Fsp3) is 0.333. The maximum atomic E-state index is 6.36. The third-order valence-electron chi connectivity index (χ3n) is 1.51. The van der Waals surface area contributed by atoms with E-state index in [0.29, 0.717) is 4.47 Å². The van der Waals surface area contributed by atoms with Gasteiger partial charge in [-0.05, 0) is 0 Å². The van der Waals surface area contributed by atoms with Crippen LogP contribution in [-0.4, -0.2) is 0 Å². The van der Waals surface area contributed by atoms with Crippen molar-refractivity contribution >= 4 is 23.4 Å². The zero-order chi connectivity index (χ0) is 9.19. The van der Waals surface area contributed by atoms with Crippen LogP contribution in [0.15, 0.2) is 30.3 Å². The van der Waals surface area contributed by atoms with E-state index < -0.39 is 13.0 Å². The van der Waals surface area contributed by atoms with Crippen LogP contribution in [0.4, 0.5) is 0 Å². The van der Waals surface area contributed by atoms with Gasteiger partial charge in [-0.25, -0.2) is 0 Å². The molecule has 0 radical (unpaired) electrons.